The summed E-state index contributed by atoms with van der Waals surface area (Å²) in [6.45, 7) is 0. The molecular weight excluding hydrogens is 400 g/mol. The second-order valence-corrected chi connectivity index (χ2v) is 7.16. The van der Waals surface area contributed by atoms with Gasteiger partial charge in [-0.05, 0) is 61.4 Å². The number of amides is 3. The molecule has 4 rings (SSSR count). The number of esters is 1. The highest BCUT2D eigenvalue weighted by atomic mass is 16.5. The molecule has 1 aliphatic heterocycles. The molecule has 1 saturated heterocycles. The highest BCUT2D eigenvalue weighted by Gasteiger charge is 2.63. The zero-order valence-corrected chi connectivity index (χ0v) is 17.5. The van der Waals surface area contributed by atoms with Gasteiger partial charge in [-0.1, -0.05) is 6.08 Å². The lowest BCUT2D eigenvalue weighted by Crippen LogP contribution is -2.51. The van der Waals surface area contributed by atoms with E-state index < -0.39 is 23.4 Å². The van der Waals surface area contributed by atoms with Gasteiger partial charge in [0.2, 0.25) is 0 Å². The predicted molar refractivity (Wildman–Crippen MR) is 113 cm³/mol. The Bertz CT molecular complexity index is 1060. The Morgan fingerprint density at radius 2 is 1.42 bits per heavy atom. The van der Waals surface area contributed by atoms with E-state index >= 15 is 0 Å². The summed E-state index contributed by atoms with van der Waals surface area (Å²) in [7, 11) is 4.34. The van der Waals surface area contributed by atoms with E-state index in [0.717, 1.165) is 4.90 Å². The summed E-state index contributed by atoms with van der Waals surface area (Å²) in [5, 5.41) is 0. The first-order chi connectivity index (χ1) is 15.0. The summed E-state index contributed by atoms with van der Waals surface area (Å²) >= 11 is 0. The van der Waals surface area contributed by atoms with Gasteiger partial charge in [0.25, 0.3) is 5.91 Å². The Labute approximate surface area is 179 Å². The fraction of sp³-hybridized carbons (Fsp3) is 0.261. The summed E-state index contributed by atoms with van der Waals surface area (Å²) < 4.78 is 15.3. The Morgan fingerprint density at radius 3 is 1.94 bits per heavy atom. The number of carbonyl (C=O) groups is 3. The quantitative estimate of drug-likeness (QED) is 0.543. The van der Waals surface area contributed by atoms with E-state index in [0.29, 0.717) is 29.3 Å². The van der Waals surface area contributed by atoms with Crippen molar-refractivity contribution in [1.29, 1.82) is 0 Å². The van der Waals surface area contributed by atoms with E-state index in [1.165, 1.54) is 19.1 Å². The van der Waals surface area contributed by atoms with Crippen LogP contribution in [-0.4, -0.2) is 44.8 Å². The summed E-state index contributed by atoms with van der Waals surface area (Å²) in [4.78, 5) is 42.5. The first kappa shape index (κ1) is 20.5. The minimum absolute atomic E-state index is 0.167. The summed E-state index contributed by atoms with van der Waals surface area (Å²) in [5.41, 5.74) is -0.437. The summed E-state index contributed by atoms with van der Waals surface area (Å²) in [5.74, 6) is 0.0832. The molecule has 8 heteroatoms. The van der Waals surface area contributed by atoms with Crippen molar-refractivity contribution in [2.45, 2.75) is 18.4 Å². The third-order valence-electron chi connectivity index (χ3n) is 5.69. The molecule has 2 aliphatic rings. The molecule has 0 radical (unpaired) electrons. The number of methoxy groups -OCH3 is 3. The predicted octanol–water partition coefficient (Wildman–Crippen LogP) is 3.31. The Kier molecular flexibility index (Phi) is 5.14. The van der Waals surface area contributed by atoms with Crippen LogP contribution in [-0.2, 0) is 14.3 Å². The number of benzene rings is 2. The van der Waals surface area contributed by atoms with Gasteiger partial charge in [-0.15, -0.1) is 0 Å². The third kappa shape index (κ3) is 3.02. The number of urea groups is 1. The van der Waals surface area contributed by atoms with Gasteiger partial charge in [0.1, 0.15) is 11.5 Å². The summed E-state index contributed by atoms with van der Waals surface area (Å²) in [6, 6.07) is 12.9. The van der Waals surface area contributed by atoms with Gasteiger partial charge in [0, 0.05) is 5.69 Å². The smallest absolute Gasteiger partial charge is 0.337 e. The van der Waals surface area contributed by atoms with Crippen molar-refractivity contribution >= 4 is 29.3 Å². The van der Waals surface area contributed by atoms with Crippen LogP contribution < -0.4 is 19.3 Å². The van der Waals surface area contributed by atoms with Crippen LogP contribution in [0.4, 0.5) is 16.2 Å². The SMILES string of the molecule is COC(=O)C1=CCC[C@]12C(=O)N(c1ccc(OC)cc1)C(=O)N2c1ccc(OC)cc1. The van der Waals surface area contributed by atoms with E-state index in [4.69, 9.17) is 14.2 Å². The van der Waals surface area contributed by atoms with Crippen LogP contribution in [0.15, 0.2) is 60.2 Å². The molecule has 1 aliphatic carbocycles. The second-order valence-electron chi connectivity index (χ2n) is 7.16. The van der Waals surface area contributed by atoms with Crippen LogP contribution in [0.2, 0.25) is 0 Å². The molecule has 1 atom stereocenters. The Balaban J connectivity index is 1.87. The fourth-order valence-corrected chi connectivity index (χ4v) is 4.20. The molecular formula is C23H22N2O6. The highest BCUT2D eigenvalue weighted by Crippen LogP contribution is 2.47. The molecule has 0 aromatic heterocycles. The molecule has 1 spiro atoms. The highest BCUT2D eigenvalue weighted by molar-refractivity contribution is 6.33. The van der Waals surface area contributed by atoms with E-state index in [-0.39, 0.29) is 12.0 Å². The van der Waals surface area contributed by atoms with Crippen molar-refractivity contribution in [1.82, 2.24) is 0 Å². The number of anilines is 2. The minimum Gasteiger partial charge on any atom is -0.497 e. The van der Waals surface area contributed by atoms with Crippen LogP contribution >= 0.6 is 0 Å². The fourth-order valence-electron chi connectivity index (χ4n) is 4.20. The zero-order chi connectivity index (χ0) is 22.2. The lowest BCUT2D eigenvalue weighted by molar-refractivity contribution is -0.138. The van der Waals surface area contributed by atoms with Crippen LogP contribution in [0.3, 0.4) is 0 Å². The molecule has 160 valence electrons. The molecule has 1 fully saturated rings. The second kappa shape index (κ2) is 7.79. The first-order valence-corrected chi connectivity index (χ1v) is 9.73. The van der Waals surface area contributed by atoms with Crippen molar-refractivity contribution in [2.75, 3.05) is 31.1 Å². The van der Waals surface area contributed by atoms with Crippen LogP contribution in [0.5, 0.6) is 11.5 Å². The topological polar surface area (TPSA) is 85.4 Å². The summed E-state index contributed by atoms with van der Waals surface area (Å²) in [6.07, 6.45) is 2.41. The van der Waals surface area contributed by atoms with Gasteiger partial charge in [-0.2, -0.15) is 0 Å². The molecule has 1 heterocycles. The average molecular weight is 422 g/mol. The number of hydrogen-bond acceptors (Lipinski definition) is 6. The van der Waals surface area contributed by atoms with Crippen molar-refractivity contribution in [2.24, 2.45) is 0 Å². The largest absolute Gasteiger partial charge is 0.497 e. The maximum Gasteiger partial charge on any atom is 0.337 e. The number of carbonyl (C=O) groups excluding carboxylic acids is 3. The van der Waals surface area contributed by atoms with Crippen molar-refractivity contribution < 1.29 is 28.6 Å². The van der Waals surface area contributed by atoms with Gasteiger partial charge >= 0.3 is 12.0 Å². The Hall–Kier alpha value is -3.81. The lowest BCUT2D eigenvalue weighted by Gasteiger charge is -2.33. The van der Waals surface area contributed by atoms with Crippen LogP contribution in [0, 0.1) is 0 Å². The number of allylic oxidation sites excluding steroid dienone is 1. The molecule has 0 N–H and O–H groups in total. The molecule has 0 bridgehead atoms. The molecule has 0 saturated carbocycles. The molecule has 3 amide bonds. The third-order valence-corrected chi connectivity index (χ3v) is 5.69. The average Bonchev–Trinajstić information content (AvgIpc) is 3.33. The first-order valence-electron chi connectivity index (χ1n) is 9.73. The molecule has 0 unspecified atom stereocenters. The number of nitrogens with zero attached hydrogens (tertiary/aromatic N) is 2. The maximum absolute atomic E-state index is 13.8. The molecule has 8 nitrogen and oxygen atoms in total. The van der Waals surface area contributed by atoms with Gasteiger partial charge in [-0.25, -0.2) is 14.5 Å². The van der Waals surface area contributed by atoms with Gasteiger partial charge in [0.15, 0.2) is 5.54 Å². The maximum atomic E-state index is 13.8. The van der Waals surface area contributed by atoms with E-state index in [1.54, 1.807) is 61.7 Å². The molecule has 31 heavy (non-hydrogen) atoms. The van der Waals surface area contributed by atoms with Crippen molar-refractivity contribution in [3.05, 3.63) is 60.2 Å². The number of rotatable bonds is 5. The lowest BCUT2D eigenvalue weighted by atomic mass is 9.88. The monoisotopic (exact) mass is 422 g/mol. The van der Waals surface area contributed by atoms with Crippen molar-refractivity contribution in [3.8, 4) is 11.5 Å². The minimum atomic E-state index is -1.47. The molecule has 2 aromatic rings. The Morgan fingerprint density at radius 1 is 0.871 bits per heavy atom. The van der Waals surface area contributed by atoms with Gasteiger partial charge in [0.05, 0.1) is 32.6 Å². The van der Waals surface area contributed by atoms with E-state index in [9.17, 15) is 14.4 Å². The van der Waals surface area contributed by atoms with Crippen LogP contribution in [0.25, 0.3) is 0 Å². The standard InChI is InChI=1S/C23H22N2O6/c1-29-17-10-6-15(7-11-17)24-21(27)23(14-4-5-19(23)20(26)31-3)25(22(24)28)16-8-12-18(30-2)13-9-16/h5-13H,4,14H2,1-3H3/t23-/m1/s1. The molecule has 2 aromatic carbocycles. The van der Waals surface area contributed by atoms with Crippen molar-refractivity contribution in [3.63, 3.8) is 0 Å². The van der Waals surface area contributed by atoms with E-state index in [1.807, 2.05) is 0 Å². The van der Waals surface area contributed by atoms with E-state index in [2.05, 4.69) is 0 Å². The van der Waals surface area contributed by atoms with Crippen LogP contribution in [0.1, 0.15) is 12.8 Å². The van der Waals surface area contributed by atoms with Gasteiger partial charge in [-0.3, -0.25) is 9.69 Å². The normalized spacial score (nSPS) is 20.3. The number of imide groups is 1. The number of ether oxygens (including phenoxy) is 3. The van der Waals surface area contributed by atoms with Gasteiger partial charge < -0.3 is 14.2 Å². The zero-order valence-electron chi connectivity index (χ0n) is 17.5. The number of hydrogen-bond donors (Lipinski definition) is 0.